The summed E-state index contributed by atoms with van der Waals surface area (Å²) < 4.78 is 49.1. The average Bonchev–Trinajstić information content (AvgIpc) is 2.98. The summed E-state index contributed by atoms with van der Waals surface area (Å²) in [6, 6.07) is 1.18. The predicted molar refractivity (Wildman–Crippen MR) is 62.8 cm³/mol. The van der Waals surface area contributed by atoms with Gasteiger partial charge in [-0.1, -0.05) is 0 Å². The molecule has 1 saturated carbocycles. The van der Waals surface area contributed by atoms with Crippen molar-refractivity contribution in [2.45, 2.75) is 30.2 Å². The van der Waals surface area contributed by atoms with Crippen LogP contribution in [-0.2, 0) is 10.0 Å². The average molecular weight is 290 g/mol. The van der Waals surface area contributed by atoms with E-state index in [0.29, 0.717) is 6.07 Å². The topological polar surface area (TPSA) is 89.3 Å². The van der Waals surface area contributed by atoms with Crippen molar-refractivity contribution in [2.75, 3.05) is 0 Å². The first-order chi connectivity index (χ1) is 8.62. The number of primary sulfonamides is 1. The van der Waals surface area contributed by atoms with Gasteiger partial charge in [0, 0.05) is 5.54 Å². The van der Waals surface area contributed by atoms with Gasteiger partial charge >= 0.3 is 0 Å². The Bertz CT molecular complexity index is 654. The molecule has 0 unspecified atom stereocenters. The van der Waals surface area contributed by atoms with Gasteiger partial charge in [-0.2, -0.15) is 0 Å². The van der Waals surface area contributed by atoms with Crippen LogP contribution in [0.25, 0.3) is 0 Å². The van der Waals surface area contributed by atoms with Crippen molar-refractivity contribution in [1.29, 1.82) is 0 Å². The maximum absolute atomic E-state index is 13.5. The summed E-state index contributed by atoms with van der Waals surface area (Å²) in [5, 5.41) is 7.35. The molecule has 1 aromatic rings. The molecule has 0 heterocycles. The monoisotopic (exact) mass is 290 g/mol. The summed E-state index contributed by atoms with van der Waals surface area (Å²) in [6.45, 7) is 1.75. The number of hydrogen-bond acceptors (Lipinski definition) is 3. The van der Waals surface area contributed by atoms with Crippen LogP contribution in [0.2, 0.25) is 0 Å². The van der Waals surface area contributed by atoms with Crippen molar-refractivity contribution in [1.82, 2.24) is 5.32 Å². The van der Waals surface area contributed by atoms with Crippen LogP contribution in [0, 0.1) is 11.6 Å². The molecule has 1 aliphatic carbocycles. The van der Waals surface area contributed by atoms with Crippen LogP contribution in [0.4, 0.5) is 8.78 Å². The number of nitrogens with one attached hydrogen (secondary N) is 1. The lowest BCUT2D eigenvalue weighted by Gasteiger charge is -2.12. The molecule has 0 radical (unpaired) electrons. The summed E-state index contributed by atoms with van der Waals surface area (Å²) in [7, 11) is -4.21. The summed E-state index contributed by atoms with van der Waals surface area (Å²) in [6.07, 6.45) is 1.47. The number of nitrogens with two attached hydrogens (primary N) is 1. The van der Waals surface area contributed by atoms with E-state index in [2.05, 4.69) is 5.32 Å². The number of amides is 1. The van der Waals surface area contributed by atoms with E-state index >= 15 is 0 Å². The number of benzene rings is 1. The highest BCUT2D eigenvalue weighted by molar-refractivity contribution is 7.89. The normalized spacial score (nSPS) is 17.1. The second-order valence-corrected chi connectivity index (χ2v) is 6.39. The SMILES string of the molecule is CC1(NC(=O)c2cc(S(N)(=O)=O)cc(F)c2F)CC1. The molecular weight excluding hydrogens is 278 g/mol. The Kier molecular flexibility index (Phi) is 3.10. The zero-order valence-electron chi connectivity index (χ0n) is 10.0. The van der Waals surface area contributed by atoms with Gasteiger partial charge in [0.15, 0.2) is 11.6 Å². The number of sulfonamides is 1. The maximum atomic E-state index is 13.5. The lowest BCUT2D eigenvalue weighted by molar-refractivity contribution is 0.0930. The van der Waals surface area contributed by atoms with Crippen LogP contribution in [0.1, 0.15) is 30.1 Å². The van der Waals surface area contributed by atoms with Gasteiger partial charge in [-0.25, -0.2) is 22.3 Å². The Hall–Kier alpha value is -1.54. The highest BCUT2D eigenvalue weighted by Crippen LogP contribution is 2.34. The molecule has 0 aliphatic heterocycles. The van der Waals surface area contributed by atoms with E-state index in [1.165, 1.54) is 0 Å². The molecule has 0 bridgehead atoms. The van der Waals surface area contributed by atoms with Crippen LogP contribution >= 0.6 is 0 Å². The quantitative estimate of drug-likeness (QED) is 0.866. The van der Waals surface area contributed by atoms with Gasteiger partial charge in [0.2, 0.25) is 10.0 Å². The van der Waals surface area contributed by atoms with E-state index in [9.17, 15) is 22.0 Å². The molecular formula is C11H12F2N2O3S. The third-order valence-electron chi connectivity index (χ3n) is 2.99. The summed E-state index contributed by atoms with van der Waals surface area (Å²) in [4.78, 5) is 11.2. The number of carbonyl (C=O) groups excluding carboxylic acids is 1. The molecule has 0 atom stereocenters. The van der Waals surface area contributed by atoms with E-state index in [1.807, 2.05) is 0 Å². The number of hydrogen-bond donors (Lipinski definition) is 2. The van der Waals surface area contributed by atoms with Gasteiger partial charge in [0.25, 0.3) is 5.91 Å². The molecule has 1 aliphatic rings. The molecule has 2 rings (SSSR count). The molecule has 1 aromatic carbocycles. The van der Waals surface area contributed by atoms with Crippen molar-refractivity contribution in [2.24, 2.45) is 5.14 Å². The van der Waals surface area contributed by atoms with Gasteiger partial charge in [-0.3, -0.25) is 4.79 Å². The Morgan fingerprint density at radius 1 is 1.37 bits per heavy atom. The molecule has 1 fully saturated rings. The minimum atomic E-state index is -4.21. The molecule has 0 aromatic heterocycles. The number of carbonyl (C=O) groups is 1. The summed E-state index contributed by atoms with van der Waals surface area (Å²) >= 11 is 0. The molecule has 104 valence electrons. The van der Waals surface area contributed by atoms with Crippen molar-refractivity contribution in [3.63, 3.8) is 0 Å². The predicted octanol–water partition coefficient (Wildman–Crippen LogP) is 0.895. The van der Waals surface area contributed by atoms with Gasteiger partial charge in [0.1, 0.15) is 0 Å². The first kappa shape index (κ1) is 13.9. The minimum Gasteiger partial charge on any atom is -0.347 e. The first-order valence-electron chi connectivity index (χ1n) is 5.47. The smallest absolute Gasteiger partial charge is 0.254 e. The third-order valence-corrected chi connectivity index (χ3v) is 3.88. The van der Waals surface area contributed by atoms with E-state index in [-0.39, 0.29) is 0 Å². The van der Waals surface area contributed by atoms with Crippen LogP contribution in [0.15, 0.2) is 17.0 Å². The Morgan fingerprint density at radius 3 is 2.42 bits per heavy atom. The van der Waals surface area contributed by atoms with Crippen LogP contribution in [-0.4, -0.2) is 19.9 Å². The van der Waals surface area contributed by atoms with Gasteiger partial charge in [-0.05, 0) is 31.9 Å². The highest BCUT2D eigenvalue weighted by Gasteiger charge is 2.39. The molecule has 19 heavy (non-hydrogen) atoms. The molecule has 1 amide bonds. The second-order valence-electron chi connectivity index (χ2n) is 4.83. The molecule has 3 N–H and O–H groups in total. The largest absolute Gasteiger partial charge is 0.347 e. The summed E-state index contributed by atoms with van der Waals surface area (Å²) in [5.74, 6) is -3.69. The van der Waals surface area contributed by atoms with Gasteiger partial charge in [-0.15, -0.1) is 0 Å². The Balaban J connectivity index is 2.44. The van der Waals surface area contributed by atoms with Crippen molar-refractivity contribution >= 4 is 15.9 Å². The first-order valence-corrected chi connectivity index (χ1v) is 7.01. The fourth-order valence-electron chi connectivity index (χ4n) is 1.55. The maximum Gasteiger partial charge on any atom is 0.254 e. The van der Waals surface area contributed by atoms with E-state index in [0.717, 1.165) is 18.9 Å². The lowest BCUT2D eigenvalue weighted by atomic mass is 10.1. The van der Waals surface area contributed by atoms with E-state index in [1.54, 1.807) is 6.92 Å². The zero-order chi connectivity index (χ0) is 14.4. The van der Waals surface area contributed by atoms with Gasteiger partial charge < -0.3 is 5.32 Å². The fourth-order valence-corrected chi connectivity index (χ4v) is 2.10. The number of halogens is 2. The Labute approximate surface area is 108 Å². The highest BCUT2D eigenvalue weighted by atomic mass is 32.2. The second kappa shape index (κ2) is 4.24. The van der Waals surface area contributed by atoms with Crippen LogP contribution in [0.3, 0.4) is 0 Å². The zero-order valence-corrected chi connectivity index (χ0v) is 10.9. The molecule has 0 spiro atoms. The molecule has 0 saturated heterocycles. The Morgan fingerprint density at radius 2 is 1.95 bits per heavy atom. The third kappa shape index (κ3) is 2.90. The van der Waals surface area contributed by atoms with Crippen LogP contribution < -0.4 is 10.5 Å². The van der Waals surface area contributed by atoms with Crippen LogP contribution in [0.5, 0.6) is 0 Å². The van der Waals surface area contributed by atoms with Crippen molar-refractivity contribution in [3.05, 3.63) is 29.3 Å². The minimum absolute atomic E-state index is 0.433. The van der Waals surface area contributed by atoms with Crippen molar-refractivity contribution < 1.29 is 22.0 Å². The molecule has 5 nitrogen and oxygen atoms in total. The standard InChI is InChI=1S/C11H12F2N2O3S/c1-11(2-3-11)15-10(16)7-4-6(19(14,17)18)5-8(12)9(7)13/h4-5H,2-3H2,1H3,(H,15,16)(H2,14,17,18). The van der Waals surface area contributed by atoms with E-state index < -0.39 is 43.6 Å². The van der Waals surface area contributed by atoms with E-state index in [4.69, 9.17) is 5.14 Å². The fraction of sp³-hybridized carbons (Fsp3) is 0.364. The molecule has 8 heteroatoms. The lowest BCUT2D eigenvalue weighted by Crippen LogP contribution is -2.35. The number of rotatable bonds is 3. The van der Waals surface area contributed by atoms with Crippen molar-refractivity contribution in [3.8, 4) is 0 Å². The van der Waals surface area contributed by atoms with Gasteiger partial charge in [0.05, 0.1) is 10.5 Å². The summed E-state index contributed by atoms with van der Waals surface area (Å²) in [5.41, 5.74) is -1.10.